The minimum Gasteiger partial charge on any atom is -0.497 e. The van der Waals surface area contributed by atoms with Gasteiger partial charge in [-0.2, -0.15) is 0 Å². The summed E-state index contributed by atoms with van der Waals surface area (Å²) < 4.78 is 14.3. The lowest BCUT2D eigenvalue weighted by atomic mass is 9.97. The van der Waals surface area contributed by atoms with Crippen molar-refractivity contribution in [2.45, 2.75) is 0 Å². The van der Waals surface area contributed by atoms with E-state index in [1.165, 1.54) is 48.1 Å². The maximum atomic E-state index is 6.11. The molecule has 0 amide bonds. The van der Waals surface area contributed by atoms with Crippen molar-refractivity contribution in [3.63, 3.8) is 0 Å². The average molecular weight is 943 g/mol. The number of hydrogen-bond acceptors (Lipinski definition) is 5. The van der Waals surface area contributed by atoms with Crippen molar-refractivity contribution in [3.8, 4) is 50.3 Å². The molecule has 0 saturated heterocycles. The minimum absolute atomic E-state index is 0.805. The fraction of sp³-hybridized carbons (Fsp3) is 0.0149. The molecule has 13 aromatic rings. The molecular weight excluding hydrogens is 897 g/mol. The molecule has 0 radical (unpaired) electrons. The molecule has 0 saturated carbocycles. The summed E-state index contributed by atoms with van der Waals surface area (Å²) in [5.41, 5.74) is 17.8. The molecule has 0 aliphatic heterocycles. The summed E-state index contributed by atoms with van der Waals surface area (Å²) in [5.74, 6) is 0.805. The molecule has 0 N–H and O–H groups in total. The summed E-state index contributed by atoms with van der Waals surface area (Å²) >= 11 is 1.86. The molecule has 72 heavy (non-hydrogen) atoms. The highest BCUT2D eigenvalue weighted by Crippen LogP contribution is 2.46. The highest BCUT2D eigenvalue weighted by molar-refractivity contribution is 7.26. The number of furan rings is 1. The number of anilines is 6. The molecule has 5 heteroatoms. The zero-order valence-corrected chi connectivity index (χ0v) is 40.3. The fourth-order valence-corrected chi connectivity index (χ4v) is 11.3. The van der Waals surface area contributed by atoms with Gasteiger partial charge in [0.2, 0.25) is 0 Å². The molecule has 0 atom stereocenters. The van der Waals surface area contributed by atoms with Gasteiger partial charge in [0.15, 0.2) is 0 Å². The highest BCUT2D eigenvalue weighted by atomic mass is 32.1. The Bertz CT molecular complexity index is 4010. The van der Waals surface area contributed by atoms with Crippen LogP contribution in [-0.2, 0) is 0 Å². The van der Waals surface area contributed by atoms with Gasteiger partial charge in [0.05, 0.1) is 17.5 Å². The van der Waals surface area contributed by atoms with Crippen molar-refractivity contribution in [1.29, 1.82) is 0 Å². The van der Waals surface area contributed by atoms with Crippen molar-refractivity contribution >= 4 is 87.6 Å². The maximum Gasteiger partial charge on any atom is 0.135 e. The number of benzene rings is 11. The van der Waals surface area contributed by atoms with Gasteiger partial charge in [-0.25, -0.2) is 0 Å². The lowest BCUT2D eigenvalue weighted by Crippen LogP contribution is -2.10. The van der Waals surface area contributed by atoms with Crippen LogP contribution in [0.5, 0.6) is 5.75 Å². The molecule has 4 nitrogen and oxygen atoms in total. The number of rotatable bonds is 11. The van der Waals surface area contributed by atoms with Crippen LogP contribution in [0.25, 0.3) is 86.6 Å². The van der Waals surface area contributed by atoms with Gasteiger partial charge in [-0.3, -0.25) is 0 Å². The quantitative estimate of drug-likeness (QED) is 0.129. The number of hydrogen-bond donors (Lipinski definition) is 0. The van der Waals surface area contributed by atoms with Crippen LogP contribution in [0.15, 0.2) is 265 Å². The fourth-order valence-electron chi connectivity index (χ4n) is 10.1. The zero-order valence-electron chi connectivity index (χ0n) is 39.4. The van der Waals surface area contributed by atoms with E-state index in [9.17, 15) is 0 Å². The van der Waals surface area contributed by atoms with Gasteiger partial charge < -0.3 is 19.0 Å². The molecule has 342 valence electrons. The van der Waals surface area contributed by atoms with Crippen LogP contribution in [0.1, 0.15) is 0 Å². The van der Waals surface area contributed by atoms with Gasteiger partial charge in [-0.05, 0) is 142 Å². The SMILES string of the molecule is COc1cccc(N(c2ccc(-c3ccc(-c4ccc(-c5ccc6sc7c(N(c8ccccc8)c8ccccc8)cccc7c6c5)cc4)cc3)cc2)c2ccc(-c3ccc4oc5ccccc5c4c3)cc2)c1. The Morgan fingerprint density at radius 3 is 1.36 bits per heavy atom. The number of ether oxygens (including phenoxy) is 1. The molecule has 2 heterocycles. The molecule has 0 aliphatic carbocycles. The van der Waals surface area contributed by atoms with Crippen LogP contribution in [0.4, 0.5) is 34.1 Å². The summed E-state index contributed by atoms with van der Waals surface area (Å²) in [6, 6.07) is 93.3. The summed E-state index contributed by atoms with van der Waals surface area (Å²) in [6.07, 6.45) is 0. The minimum atomic E-state index is 0.805. The van der Waals surface area contributed by atoms with E-state index < -0.39 is 0 Å². The largest absolute Gasteiger partial charge is 0.497 e. The van der Waals surface area contributed by atoms with Crippen LogP contribution >= 0.6 is 11.3 Å². The topological polar surface area (TPSA) is 28.9 Å². The Balaban J connectivity index is 0.749. The lowest BCUT2D eigenvalue weighted by Gasteiger charge is -2.26. The first kappa shape index (κ1) is 42.9. The molecular formula is C67H46N2O2S. The van der Waals surface area contributed by atoms with Crippen molar-refractivity contribution in [2.75, 3.05) is 16.9 Å². The smallest absolute Gasteiger partial charge is 0.135 e. The second-order valence-corrected chi connectivity index (χ2v) is 19.1. The predicted octanol–water partition coefficient (Wildman–Crippen LogP) is 19.6. The van der Waals surface area contributed by atoms with E-state index in [0.29, 0.717) is 0 Å². The van der Waals surface area contributed by atoms with E-state index in [0.717, 1.165) is 78.4 Å². The van der Waals surface area contributed by atoms with E-state index in [-0.39, 0.29) is 0 Å². The third-order valence-electron chi connectivity index (χ3n) is 13.8. The van der Waals surface area contributed by atoms with Crippen molar-refractivity contribution < 1.29 is 9.15 Å². The number of para-hydroxylation sites is 3. The molecule has 0 aliphatic rings. The van der Waals surface area contributed by atoms with Gasteiger partial charge in [0.1, 0.15) is 16.9 Å². The van der Waals surface area contributed by atoms with Gasteiger partial charge in [0.25, 0.3) is 0 Å². The molecule has 0 spiro atoms. The summed E-state index contributed by atoms with van der Waals surface area (Å²) in [5, 5.41) is 4.80. The van der Waals surface area contributed by atoms with Gasteiger partial charge in [-0.15, -0.1) is 11.3 Å². The van der Waals surface area contributed by atoms with Crippen molar-refractivity contribution in [1.82, 2.24) is 0 Å². The molecule has 2 aromatic heterocycles. The van der Waals surface area contributed by atoms with Crippen LogP contribution in [-0.4, -0.2) is 7.11 Å². The Hall–Kier alpha value is -9.16. The second kappa shape index (κ2) is 18.3. The number of thiophene rings is 1. The molecule has 0 bridgehead atoms. The van der Waals surface area contributed by atoms with Gasteiger partial charge in [0, 0.05) is 60.7 Å². The van der Waals surface area contributed by atoms with Gasteiger partial charge >= 0.3 is 0 Å². The highest BCUT2D eigenvalue weighted by Gasteiger charge is 2.19. The Morgan fingerprint density at radius 2 is 0.764 bits per heavy atom. The first-order chi connectivity index (χ1) is 35.6. The van der Waals surface area contributed by atoms with E-state index in [2.05, 4.69) is 246 Å². The van der Waals surface area contributed by atoms with E-state index in [1.807, 2.05) is 35.6 Å². The summed E-state index contributed by atoms with van der Waals surface area (Å²) in [6.45, 7) is 0. The lowest BCUT2D eigenvalue weighted by molar-refractivity contribution is 0.415. The molecule has 0 fully saturated rings. The number of fused-ring (bicyclic) bond motifs is 6. The summed E-state index contributed by atoms with van der Waals surface area (Å²) in [7, 11) is 1.71. The second-order valence-electron chi connectivity index (χ2n) is 18.1. The molecule has 13 rings (SSSR count). The third kappa shape index (κ3) is 7.92. The Labute approximate surface area is 422 Å². The maximum absolute atomic E-state index is 6.11. The summed E-state index contributed by atoms with van der Waals surface area (Å²) in [4.78, 5) is 4.64. The van der Waals surface area contributed by atoms with Crippen LogP contribution in [0.3, 0.4) is 0 Å². The molecule has 11 aromatic carbocycles. The van der Waals surface area contributed by atoms with Crippen molar-refractivity contribution in [3.05, 3.63) is 261 Å². The monoisotopic (exact) mass is 942 g/mol. The predicted molar refractivity (Wildman–Crippen MR) is 304 cm³/mol. The van der Waals surface area contributed by atoms with Crippen LogP contribution in [0, 0.1) is 0 Å². The van der Waals surface area contributed by atoms with E-state index in [4.69, 9.17) is 9.15 Å². The van der Waals surface area contributed by atoms with Crippen molar-refractivity contribution in [2.24, 2.45) is 0 Å². The Kier molecular flexibility index (Phi) is 10.9. The average Bonchev–Trinajstić information content (AvgIpc) is 4.03. The number of methoxy groups -OCH3 is 1. The first-order valence-corrected chi connectivity index (χ1v) is 25.1. The van der Waals surface area contributed by atoms with Crippen LogP contribution in [0.2, 0.25) is 0 Å². The van der Waals surface area contributed by atoms with Gasteiger partial charge in [-0.1, -0.05) is 158 Å². The van der Waals surface area contributed by atoms with Crippen LogP contribution < -0.4 is 14.5 Å². The standard InChI is InChI=1S/C67H46N2O2S/c1-70-58-17-10-16-57(44-58)68(56-38-32-50(33-39-56)51-34-40-65-61(42-51)59-18-8-9-21-64(59)71-65)55-36-30-48(31-37-55)47-24-22-45(23-25-47)46-26-28-49(29-27-46)52-35-41-66-62(43-52)60-19-11-20-63(67(60)72-66)69(53-12-4-2-5-13-53)54-14-6-3-7-15-54/h2-44H,1H3. The normalized spacial score (nSPS) is 11.4. The first-order valence-electron chi connectivity index (χ1n) is 24.2. The number of nitrogens with zero attached hydrogens (tertiary/aromatic N) is 2. The van der Waals surface area contributed by atoms with E-state index >= 15 is 0 Å². The zero-order chi connectivity index (χ0) is 48.0. The Morgan fingerprint density at radius 1 is 0.319 bits per heavy atom. The molecule has 0 unspecified atom stereocenters. The third-order valence-corrected chi connectivity index (χ3v) is 15.0. The van der Waals surface area contributed by atoms with E-state index in [1.54, 1.807) is 7.11 Å².